The van der Waals surface area contributed by atoms with E-state index in [4.69, 9.17) is 17.0 Å². The third-order valence-electron chi connectivity index (χ3n) is 6.69. The van der Waals surface area contributed by atoms with Crippen LogP contribution in [0, 0.1) is 29.9 Å². The van der Waals surface area contributed by atoms with Crippen LogP contribution in [0.1, 0.15) is 46.1 Å². The first-order valence-electron chi connectivity index (χ1n) is 12.0. The lowest BCUT2D eigenvalue weighted by molar-refractivity contribution is 0.0930. The van der Waals surface area contributed by atoms with E-state index < -0.39 is 5.82 Å². The van der Waals surface area contributed by atoms with Gasteiger partial charge in [0.25, 0.3) is 5.91 Å². The van der Waals surface area contributed by atoms with Crippen LogP contribution < -0.4 is 10.9 Å². The fourth-order valence-electron chi connectivity index (χ4n) is 4.46. The minimum absolute atomic E-state index is 0.235. The summed E-state index contributed by atoms with van der Waals surface area (Å²) in [6.07, 6.45) is 6.68. The zero-order valence-electron chi connectivity index (χ0n) is 20.4. The van der Waals surface area contributed by atoms with Crippen molar-refractivity contribution in [2.45, 2.75) is 32.4 Å². The van der Waals surface area contributed by atoms with Crippen molar-refractivity contribution >= 4 is 17.5 Å². The number of benzene rings is 2. The molecule has 1 aliphatic rings. The number of amides is 1. The van der Waals surface area contributed by atoms with E-state index in [1.54, 1.807) is 59.8 Å². The van der Waals surface area contributed by atoms with Gasteiger partial charge < -0.3 is 14.5 Å². The fourth-order valence-corrected chi connectivity index (χ4v) is 4.74. The van der Waals surface area contributed by atoms with Gasteiger partial charge in [-0.15, -0.1) is 0 Å². The maximum Gasteiger partial charge on any atom is 0.251 e. The SMILES string of the molecule is Cc1cc(C(NC(=O)c2cc(Cn3ccn(C)c3=N)cc(-c3ccc(F)cc3Cl)c2)C2CC2)ncc1F. The standard InChI is InChI=1S/C28H26ClF2N5O/c1-16-9-25(33-14-24(16)31)26(18-3-4-18)34-27(37)20-11-17(15-36-8-7-35(2)28(36)32)10-19(12-20)22-6-5-21(30)13-23(22)29/h5-14,18,26,32H,3-4,15H2,1-2H3,(H,34,37). The van der Waals surface area contributed by atoms with Gasteiger partial charge in [-0.05, 0) is 84.8 Å². The molecular weight excluding hydrogens is 496 g/mol. The summed E-state index contributed by atoms with van der Waals surface area (Å²) in [4.78, 5) is 17.8. The summed E-state index contributed by atoms with van der Waals surface area (Å²) < 4.78 is 31.0. The molecule has 1 atom stereocenters. The van der Waals surface area contributed by atoms with E-state index in [-0.39, 0.29) is 28.7 Å². The van der Waals surface area contributed by atoms with Crippen LogP contribution in [0.25, 0.3) is 11.1 Å². The Balaban J connectivity index is 1.52. The molecule has 2 N–H and O–H groups in total. The van der Waals surface area contributed by atoms with Crippen molar-refractivity contribution in [3.05, 3.63) is 106 Å². The highest BCUT2D eigenvalue weighted by molar-refractivity contribution is 6.33. The number of aryl methyl sites for hydroxylation is 2. The molecule has 2 aromatic carbocycles. The molecule has 2 heterocycles. The second-order valence-electron chi connectivity index (χ2n) is 9.55. The van der Waals surface area contributed by atoms with Gasteiger partial charge in [0.15, 0.2) is 0 Å². The van der Waals surface area contributed by atoms with Gasteiger partial charge in [-0.3, -0.25) is 15.2 Å². The van der Waals surface area contributed by atoms with E-state index >= 15 is 0 Å². The van der Waals surface area contributed by atoms with Gasteiger partial charge in [0.2, 0.25) is 5.62 Å². The first kappa shape index (κ1) is 24.9. The lowest BCUT2D eigenvalue weighted by Crippen LogP contribution is -2.31. The number of imidazole rings is 1. The third kappa shape index (κ3) is 5.34. The van der Waals surface area contributed by atoms with Crippen LogP contribution in [0.2, 0.25) is 5.02 Å². The van der Waals surface area contributed by atoms with Crippen molar-refractivity contribution in [1.82, 2.24) is 19.4 Å². The molecule has 0 aliphatic heterocycles. The van der Waals surface area contributed by atoms with E-state index in [2.05, 4.69) is 10.3 Å². The van der Waals surface area contributed by atoms with Crippen molar-refractivity contribution in [3.8, 4) is 11.1 Å². The van der Waals surface area contributed by atoms with Crippen LogP contribution in [0.5, 0.6) is 0 Å². The number of carbonyl (C=O) groups excluding carboxylic acids is 1. The lowest BCUT2D eigenvalue weighted by atomic mass is 9.98. The average Bonchev–Trinajstić information content (AvgIpc) is 3.66. The van der Waals surface area contributed by atoms with Gasteiger partial charge in [0.05, 0.1) is 29.5 Å². The molecule has 0 saturated heterocycles. The Hall–Kier alpha value is -3.78. The summed E-state index contributed by atoms with van der Waals surface area (Å²) in [5, 5.41) is 11.6. The number of pyridine rings is 1. The Morgan fingerprint density at radius 2 is 1.97 bits per heavy atom. The molecule has 1 saturated carbocycles. The van der Waals surface area contributed by atoms with Crippen LogP contribution in [0.4, 0.5) is 8.78 Å². The summed E-state index contributed by atoms with van der Waals surface area (Å²) in [6.45, 7) is 2.04. The second-order valence-corrected chi connectivity index (χ2v) is 9.96. The molecule has 190 valence electrons. The predicted molar refractivity (Wildman–Crippen MR) is 137 cm³/mol. The molecule has 1 amide bonds. The molecule has 6 nitrogen and oxygen atoms in total. The van der Waals surface area contributed by atoms with Crippen LogP contribution in [0.15, 0.2) is 61.1 Å². The molecule has 37 heavy (non-hydrogen) atoms. The quantitative estimate of drug-likeness (QED) is 0.335. The number of hydrogen-bond acceptors (Lipinski definition) is 3. The molecule has 9 heteroatoms. The number of aromatic nitrogens is 3. The molecule has 0 bridgehead atoms. The summed E-state index contributed by atoms with van der Waals surface area (Å²) in [6, 6.07) is 10.9. The molecule has 0 spiro atoms. The van der Waals surface area contributed by atoms with E-state index in [0.29, 0.717) is 40.1 Å². The van der Waals surface area contributed by atoms with Crippen LogP contribution in [-0.2, 0) is 13.6 Å². The molecule has 4 aromatic rings. The van der Waals surface area contributed by atoms with Crippen molar-refractivity contribution in [3.63, 3.8) is 0 Å². The number of hydrogen-bond donors (Lipinski definition) is 2. The van der Waals surface area contributed by atoms with Gasteiger partial charge in [0.1, 0.15) is 11.6 Å². The number of nitrogens with one attached hydrogen (secondary N) is 2. The monoisotopic (exact) mass is 521 g/mol. The Morgan fingerprint density at radius 3 is 2.62 bits per heavy atom. The van der Waals surface area contributed by atoms with Gasteiger partial charge >= 0.3 is 0 Å². The van der Waals surface area contributed by atoms with Gasteiger partial charge in [0, 0.05) is 30.6 Å². The van der Waals surface area contributed by atoms with Crippen molar-refractivity contribution in [1.29, 1.82) is 5.41 Å². The molecular formula is C28H26ClF2N5O. The summed E-state index contributed by atoms with van der Waals surface area (Å²) in [5.41, 5.74) is 3.86. The Morgan fingerprint density at radius 1 is 1.19 bits per heavy atom. The van der Waals surface area contributed by atoms with E-state index in [0.717, 1.165) is 18.4 Å². The second kappa shape index (κ2) is 9.94. The Bertz CT molecular complexity index is 1560. The fraction of sp³-hybridized carbons (Fsp3) is 0.250. The number of carbonyl (C=O) groups is 1. The third-order valence-corrected chi connectivity index (χ3v) is 7.01. The van der Waals surface area contributed by atoms with Gasteiger partial charge in [-0.1, -0.05) is 11.6 Å². The number of nitrogens with zero attached hydrogens (tertiary/aromatic N) is 3. The predicted octanol–water partition coefficient (Wildman–Crippen LogP) is 5.54. The average molecular weight is 522 g/mol. The minimum atomic E-state index is -0.448. The van der Waals surface area contributed by atoms with Crippen molar-refractivity contribution in [2.75, 3.05) is 0 Å². The number of rotatable bonds is 7. The molecule has 0 radical (unpaired) electrons. The van der Waals surface area contributed by atoms with Gasteiger partial charge in [-0.2, -0.15) is 0 Å². The molecule has 1 unspecified atom stereocenters. The first-order chi connectivity index (χ1) is 17.7. The summed E-state index contributed by atoms with van der Waals surface area (Å²) in [7, 11) is 1.79. The molecule has 1 fully saturated rings. The zero-order valence-corrected chi connectivity index (χ0v) is 21.2. The number of halogens is 3. The maximum absolute atomic E-state index is 13.8. The smallest absolute Gasteiger partial charge is 0.251 e. The van der Waals surface area contributed by atoms with Gasteiger partial charge in [-0.25, -0.2) is 8.78 Å². The Labute approximate surface area is 218 Å². The minimum Gasteiger partial charge on any atom is -0.343 e. The first-order valence-corrected chi connectivity index (χ1v) is 12.4. The molecule has 2 aromatic heterocycles. The van der Waals surface area contributed by atoms with E-state index in [1.807, 2.05) is 6.07 Å². The van der Waals surface area contributed by atoms with Crippen LogP contribution in [0.3, 0.4) is 0 Å². The highest BCUT2D eigenvalue weighted by Crippen LogP contribution is 2.41. The zero-order chi connectivity index (χ0) is 26.3. The largest absolute Gasteiger partial charge is 0.343 e. The van der Waals surface area contributed by atoms with E-state index in [1.165, 1.54) is 18.3 Å². The summed E-state index contributed by atoms with van der Waals surface area (Å²) >= 11 is 6.36. The highest BCUT2D eigenvalue weighted by Gasteiger charge is 2.35. The maximum atomic E-state index is 13.8. The highest BCUT2D eigenvalue weighted by atomic mass is 35.5. The van der Waals surface area contributed by atoms with E-state index in [9.17, 15) is 13.6 Å². The van der Waals surface area contributed by atoms with Crippen LogP contribution >= 0.6 is 11.6 Å². The molecule has 1 aliphatic carbocycles. The van der Waals surface area contributed by atoms with Crippen LogP contribution in [-0.4, -0.2) is 20.0 Å². The lowest BCUT2D eigenvalue weighted by Gasteiger charge is -2.19. The molecule has 5 rings (SSSR count). The topological polar surface area (TPSA) is 75.7 Å². The summed E-state index contributed by atoms with van der Waals surface area (Å²) in [5.74, 6) is -0.895. The van der Waals surface area contributed by atoms with Crippen molar-refractivity contribution in [2.24, 2.45) is 13.0 Å². The normalized spacial score (nSPS) is 14.0. The van der Waals surface area contributed by atoms with Crippen molar-refractivity contribution < 1.29 is 13.6 Å². The Kier molecular flexibility index (Phi) is 6.69.